The van der Waals surface area contributed by atoms with Crippen LogP contribution in [0.3, 0.4) is 0 Å². The maximum atomic E-state index is 12.9. The van der Waals surface area contributed by atoms with E-state index >= 15 is 0 Å². The smallest absolute Gasteiger partial charge is 0.351 e. The zero-order valence-corrected chi connectivity index (χ0v) is 13.3. The summed E-state index contributed by atoms with van der Waals surface area (Å²) in [5.74, 6) is -0.836. The number of hydrogen-bond donors (Lipinski definition) is 0. The minimum Gasteiger partial charge on any atom is -0.351 e. The van der Waals surface area contributed by atoms with Crippen LogP contribution in [0.25, 0.3) is 5.78 Å². The van der Waals surface area contributed by atoms with Gasteiger partial charge in [0.25, 0.3) is 11.6 Å². The van der Waals surface area contributed by atoms with E-state index in [9.17, 15) is 13.2 Å². The van der Waals surface area contributed by atoms with Gasteiger partial charge >= 0.3 is 6.18 Å². The molecule has 0 saturated carbocycles. The van der Waals surface area contributed by atoms with Gasteiger partial charge in [0, 0.05) is 25.0 Å². The highest BCUT2D eigenvalue weighted by Gasteiger charge is 2.37. The van der Waals surface area contributed by atoms with Crippen LogP contribution >= 0.6 is 0 Å². The first kappa shape index (κ1) is 16.2. The molecule has 24 heavy (non-hydrogen) atoms. The number of fused-ring (bicyclic) bond motifs is 1. The van der Waals surface area contributed by atoms with Crippen molar-refractivity contribution in [1.82, 2.24) is 24.6 Å². The zero-order chi connectivity index (χ0) is 17.5. The molecule has 0 spiro atoms. The molecule has 0 N–H and O–H groups in total. The van der Waals surface area contributed by atoms with Gasteiger partial charge in [0.05, 0.1) is 11.7 Å². The van der Waals surface area contributed by atoms with E-state index in [0.717, 1.165) is 10.2 Å². The third kappa shape index (κ3) is 2.89. The maximum absolute atomic E-state index is 12.9. The average molecular weight is 336 g/mol. The lowest BCUT2D eigenvalue weighted by Crippen LogP contribution is -2.25. The fraction of sp³-hybridized carbons (Fsp3) is 0.333. The normalized spacial score (nSPS) is 13.2. The molecule has 3 aromatic rings. The minimum atomic E-state index is -4.62. The number of nitrogens with zero attached hydrogens (tertiary/aromatic N) is 6. The lowest BCUT2D eigenvalue weighted by molar-refractivity contribution is -0.144. The van der Waals surface area contributed by atoms with Gasteiger partial charge < -0.3 is 4.90 Å². The van der Waals surface area contributed by atoms with Crippen molar-refractivity contribution in [3.05, 3.63) is 47.7 Å². The summed E-state index contributed by atoms with van der Waals surface area (Å²) in [6, 6.07) is 7.01. The molecule has 3 heterocycles. The standard InChI is InChI=1S/C15H15F3N6/c1-9-8-12(23(3)10(2)11-6-4-5-7-19-11)24-14(20-9)21-13(22-24)15(16,17)18/h4-8,10H,1-3H3. The molecule has 0 aliphatic heterocycles. The zero-order valence-electron chi connectivity index (χ0n) is 13.3. The molecule has 3 aromatic heterocycles. The molecule has 0 aliphatic carbocycles. The number of halogens is 3. The van der Waals surface area contributed by atoms with Crippen LogP contribution in [0.5, 0.6) is 0 Å². The van der Waals surface area contributed by atoms with E-state index in [2.05, 4.69) is 20.1 Å². The molecule has 0 aromatic carbocycles. The van der Waals surface area contributed by atoms with Crippen LogP contribution in [-0.4, -0.2) is 31.6 Å². The van der Waals surface area contributed by atoms with Crippen LogP contribution in [0.2, 0.25) is 0 Å². The molecule has 0 fully saturated rings. The number of rotatable bonds is 3. The van der Waals surface area contributed by atoms with Gasteiger partial charge in [-0.25, -0.2) is 4.98 Å². The highest BCUT2D eigenvalue weighted by Crippen LogP contribution is 2.29. The van der Waals surface area contributed by atoms with Gasteiger partial charge in [-0.1, -0.05) is 6.07 Å². The predicted octanol–water partition coefficient (Wildman–Crippen LogP) is 3.04. The van der Waals surface area contributed by atoms with Crippen molar-refractivity contribution in [2.75, 3.05) is 11.9 Å². The van der Waals surface area contributed by atoms with Crippen molar-refractivity contribution < 1.29 is 13.2 Å². The van der Waals surface area contributed by atoms with Gasteiger partial charge in [0.1, 0.15) is 5.82 Å². The fourth-order valence-corrected chi connectivity index (χ4v) is 2.36. The van der Waals surface area contributed by atoms with Crippen LogP contribution < -0.4 is 4.90 Å². The molecule has 0 aliphatic rings. The Morgan fingerprint density at radius 1 is 1.21 bits per heavy atom. The van der Waals surface area contributed by atoms with Crippen LogP contribution in [0.15, 0.2) is 30.5 Å². The largest absolute Gasteiger partial charge is 0.453 e. The number of hydrogen-bond acceptors (Lipinski definition) is 5. The van der Waals surface area contributed by atoms with Crippen molar-refractivity contribution in [2.24, 2.45) is 0 Å². The third-order valence-electron chi connectivity index (χ3n) is 3.73. The molecule has 126 valence electrons. The molecule has 9 heteroatoms. The van der Waals surface area contributed by atoms with E-state index in [4.69, 9.17) is 0 Å². The molecule has 3 rings (SSSR count). The van der Waals surface area contributed by atoms with Crippen molar-refractivity contribution in [3.8, 4) is 0 Å². The Bertz CT molecular complexity index is 859. The van der Waals surface area contributed by atoms with Crippen LogP contribution in [-0.2, 0) is 6.18 Å². The highest BCUT2D eigenvalue weighted by atomic mass is 19.4. The van der Waals surface area contributed by atoms with E-state index in [-0.39, 0.29) is 11.8 Å². The van der Waals surface area contributed by atoms with E-state index in [1.165, 1.54) is 0 Å². The Balaban J connectivity index is 2.09. The summed E-state index contributed by atoms with van der Waals surface area (Å²) in [5, 5.41) is 3.58. The molecule has 1 unspecified atom stereocenters. The molecular weight excluding hydrogens is 321 g/mol. The van der Waals surface area contributed by atoms with Gasteiger partial charge in [-0.05, 0) is 26.0 Å². The summed E-state index contributed by atoms with van der Waals surface area (Å²) in [5.41, 5.74) is 1.34. The molecule has 0 radical (unpaired) electrons. The monoisotopic (exact) mass is 336 g/mol. The van der Waals surface area contributed by atoms with Crippen LogP contribution in [0.1, 0.15) is 30.2 Å². The SMILES string of the molecule is Cc1cc(N(C)C(C)c2ccccn2)n2nc(C(F)(F)F)nc2n1. The minimum absolute atomic E-state index is 0.0857. The van der Waals surface area contributed by atoms with Crippen molar-refractivity contribution >= 4 is 11.6 Å². The first-order valence-electron chi connectivity index (χ1n) is 7.23. The second-order valence-corrected chi connectivity index (χ2v) is 5.44. The van der Waals surface area contributed by atoms with E-state index < -0.39 is 12.0 Å². The van der Waals surface area contributed by atoms with Crippen LogP contribution in [0.4, 0.5) is 19.0 Å². The summed E-state index contributed by atoms with van der Waals surface area (Å²) >= 11 is 0. The van der Waals surface area contributed by atoms with Crippen molar-refractivity contribution in [1.29, 1.82) is 0 Å². The van der Waals surface area contributed by atoms with Gasteiger partial charge in [-0.15, -0.1) is 5.10 Å². The Morgan fingerprint density at radius 3 is 2.58 bits per heavy atom. The topological polar surface area (TPSA) is 59.2 Å². The Kier molecular flexibility index (Phi) is 3.86. The highest BCUT2D eigenvalue weighted by molar-refractivity contribution is 5.48. The molecule has 1 atom stereocenters. The summed E-state index contributed by atoms with van der Waals surface area (Å²) in [4.78, 5) is 13.6. The van der Waals surface area contributed by atoms with Gasteiger partial charge in [0.15, 0.2) is 0 Å². The number of alkyl halides is 3. The summed E-state index contributed by atoms with van der Waals surface area (Å²) in [6.07, 6.45) is -2.95. The lowest BCUT2D eigenvalue weighted by Gasteiger charge is -2.26. The first-order valence-corrected chi connectivity index (χ1v) is 7.23. The maximum Gasteiger partial charge on any atom is 0.453 e. The predicted molar refractivity (Wildman–Crippen MR) is 81.6 cm³/mol. The Hall–Kier alpha value is -2.71. The van der Waals surface area contributed by atoms with Crippen LogP contribution in [0, 0.1) is 6.92 Å². The molecular formula is C15H15F3N6. The number of anilines is 1. The first-order chi connectivity index (χ1) is 11.3. The summed E-state index contributed by atoms with van der Waals surface area (Å²) in [6.45, 7) is 3.61. The number of pyridine rings is 1. The second kappa shape index (κ2) is 5.73. The molecule has 0 amide bonds. The number of aromatic nitrogens is 5. The molecule has 0 saturated heterocycles. The second-order valence-electron chi connectivity index (χ2n) is 5.44. The van der Waals surface area contributed by atoms with Gasteiger partial charge in [-0.3, -0.25) is 4.98 Å². The number of aryl methyl sites for hydroxylation is 1. The summed E-state index contributed by atoms with van der Waals surface area (Å²) in [7, 11) is 1.77. The van der Waals surface area contributed by atoms with E-state index in [1.54, 1.807) is 37.2 Å². The third-order valence-corrected chi connectivity index (χ3v) is 3.73. The average Bonchev–Trinajstić information content (AvgIpc) is 2.97. The summed E-state index contributed by atoms with van der Waals surface area (Å²) < 4.78 is 39.8. The molecule has 0 bridgehead atoms. The quantitative estimate of drug-likeness (QED) is 0.736. The fourth-order valence-electron chi connectivity index (χ4n) is 2.36. The lowest BCUT2D eigenvalue weighted by atomic mass is 10.2. The van der Waals surface area contributed by atoms with E-state index in [0.29, 0.717) is 11.5 Å². The molecule has 6 nitrogen and oxygen atoms in total. The van der Waals surface area contributed by atoms with Gasteiger partial charge in [-0.2, -0.15) is 22.7 Å². The Labute approximate surface area is 136 Å². The van der Waals surface area contributed by atoms with Crippen molar-refractivity contribution in [3.63, 3.8) is 0 Å². The van der Waals surface area contributed by atoms with Crippen molar-refractivity contribution in [2.45, 2.75) is 26.1 Å². The van der Waals surface area contributed by atoms with E-state index in [1.807, 2.05) is 19.1 Å². The van der Waals surface area contributed by atoms with Gasteiger partial charge in [0.2, 0.25) is 0 Å². The Morgan fingerprint density at radius 2 is 1.96 bits per heavy atom.